The third kappa shape index (κ3) is 4.88. The van der Waals surface area contributed by atoms with E-state index in [1.807, 2.05) is 48.7 Å². The smallest absolute Gasteiger partial charge is 0.263 e. The summed E-state index contributed by atoms with van der Waals surface area (Å²) in [5.41, 5.74) is 1.16. The molecule has 1 saturated heterocycles. The average molecular weight is 424 g/mol. The molecule has 3 aromatic rings. The molecule has 3 heterocycles. The number of thiazole rings is 1. The lowest BCUT2D eigenvalue weighted by atomic mass is 10.1. The molecule has 0 atom stereocenters. The van der Waals surface area contributed by atoms with Crippen LogP contribution in [0, 0.1) is 0 Å². The summed E-state index contributed by atoms with van der Waals surface area (Å²) in [5, 5.41) is 3.89. The molecule has 0 bridgehead atoms. The summed E-state index contributed by atoms with van der Waals surface area (Å²) in [4.78, 5) is 26.5. The molecule has 0 radical (unpaired) electrons. The molecule has 30 heavy (non-hydrogen) atoms. The van der Waals surface area contributed by atoms with E-state index >= 15 is 0 Å². The van der Waals surface area contributed by atoms with Gasteiger partial charge in [-0.3, -0.25) is 4.79 Å². The van der Waals surface area contributed by atoms with Crippen LogP contribution < -0.4 is 19.9 Å². The minimum Gasteiger partial charge on any atom is -0.497 e. The first-order chi connectivity index (χ1) is 14.7. The van der Waals surface area contributed by atoms with Gasteiger partial charge in [-0.25, -0.2) is 9.97 Å². The van der Waals surface area contributed by atoms with Crippen molar-refractivity contribution in [1.82, 2.24) is 15.3 Å². The Hall–Kier alpha value is -3.13. The van der Waals surface area contributed by atoms with Gasteiger partial charge in [0.15, 0.2) is 5.13 Å². The zero-order valence-corrected chi connectivity index (χ0v) is 17.8. The molecule has 4 rings (SSSR count). The van der Waals surface area contributed by atoms with Crippen LogP contribution in [-0.2, 0) is 6.42 Å². The molecule has 2 aromatic heterocycles. The van der Waals surface area contributed by atoms with E-state index in [9.17, 15) is 4.79 Å². The number of aromatic nitrogens is 2. The number of benzene rings is 1. The van der Waals surface area contributed by atoms with Gasteiger partial charge in [-0.2, -0.15) is 0 Å². The van der Waals surface area contributed by atoms with E-state index < -0.39 is 0 Å². The number of ether oxygens (including phenoxy) is 1. The topological polar surface area (TPSA) is 70.6 Å². The van der Waals surface area contributed by atoms with Crippen LogP contribution in [0.1, 0.15) is 15.2 Å². The van der Waals surface area contributed by atoms with E-state index in [-0.39, 0.29) is 5.91 Å². The van der Waals surface area contributed by atoms with Crippen molar-refractivity contribution in [3.8, 4) is 5.75 Å². The van der Waals surface area contributed by atoms with Crippen LogP contribution in [-0.4, -0.2) is 55.7 Å². The van der Waals surface area contributed by atoms with Crippen molar-refractivity contribution in [3.63, 3.8) is 0 Å². The number of carbonyl (C=O) groups excluding carboxylic acids is 1. The minimum atomic E-state index is -0.0700. The molecule has 0 aliphatic carbocycles. The standard InChI is InChI=1S/C22H25N5O2S/c1-29-18-7-5-17(6-8-18)9-11-24-21(28)19-16-25-22(30-19)27-14-12-26(13-15-27)20-4-2-3-10-23-20/h2-8,10,16H,9,11-15H2,1H3,(H,24,28). The zero-order valence-electron chi connectivity index (χ0n) is 17.0. The van der Waals surface area contributed by atoms with E-state index in [1.54, 1.807) is 13.3 Å². The van der Waals surface area contributed by atoms with Crippen LogP contribution in [0.4, 0.5) is 10.9 Å². The fourth-order valence-electron chi connectivity index (χ4n) is 3.38. The third-order valence-corrected chi connectivity index (χ3v) is 6.16. The van der Waals surface area contributed by atoms with Crippen LogP contribution in [0.15, 0.2) is 54.9 Å². The Balaban J connectivity index is 1.26. The molecule has 1 amide bonds. The van der Waals surface area contributed by atoms with Gasteiger partial charge in [-0.1, -0.05) is 29.5 Å². The highest BCUT2D eigenvalue weighted by molar-refractivity contribution is 7.17. The number of hydrogen-bond donors (Lipinski definition) is 1. The quantitative estimate of drug-likeness (QED) is 0.630. The summed E-state index contributed by atoms with van der Waals surface area (Å²) in [7, 11) is 1.65. The van der Waals surface area contributed by atoms with E-state index in [0.717, 1.165) is 54.9 Å². The predicted molar refractivity (Wildman–Crippen MR) is 120 cm³/mol. The summed E-state index contributed by atoms with van der Waals surface area (Å²) in [5.74, 6) is 1.77. The van der Waals surface area contributed by atoms with Gasteiger partial charge >= 0.3 is 0 Å². The molecular weight excluding hydrogens is 398 g/mol. The SMILES string of the molecule is COc1ccc(CCNC(=O)c2cnc(N3CCN(c4ccccn4)CC3)s2)cc1. The minimum absolute atomic E-state index is 0.0700. The largest absolute Gasteiger partial charge is 0.497 e. The molecule has 1 aliphatic heterocycles. The maximum atomic E-state index is 12.5. The van der Waals surface area contributed by atoms with Crippen LogP contribution in [0.2, 0.25) is 0 Å². The summed E-state index contributed by atoms with van der Waals surface area (Å²) in [6.45, 7) is 4.09. The van der Waals surface area contributed by atoms with Gasteiger partial charge in [0.1, 0.15) is 16.4 Å². The summed E-state index contributed by atoms with van der Waals surface area (Å²) < 4.78 is 5.17. The van der Waals surface area contributed by atoms with Crippen molar-refractivity contribution in [2.24, 2.45) is 0 Å². The van der Waals surface area contributed by atoms with E-state index in [1.165, 1.54) is 11.3 Å². The number of piperazine rings is 1. The van der Waals surface area contributed by atoms with Crippen LogP contribution in [0.3, 0.4) is 0 Å². The molecular formula is C22H25N5O2S. The van der Waals surface area contributed by atoms with Gasteiger partial charge in [-0.05, 0) is 36.2 Å². The Labute approximate surface area is 180 Å². The number of pyridine rings is 1. The highest BCUT2D eigenvalue weighted by Crippen LogP contribution is 2.24. The highest BCUT2D eigenvalue weighted by Gasteiger charge is 2.21. The molecule has 1 aromatic carbocycles. The number of methoxy groups -OCH3 is 1. The van der Waals surface area contributed by atoms with E-state index in [0.29, 0.717) is 11.4 Å². The zero-order chi connectivity index (χ0) is 20.8. The van der Waals surface area contributed by atoms with Gasteiger partial charge in [0.2, 0.25) is 0 Å². The van der Waals surface area contributed by atoms with Gasteiger partial charge in [0.25, 0.3) is 5.91 Å². The second-order valence-electron chi connectivity index (χ2n) is 7.02. The van der Waals surface area contributed by atoms with Crippen molar-refractivity contribution in [3.05, 3.63) is 65.3 Å². The van der Waals surface area contributed by atoms with E-state index in [4.69, 9.17) is 4.74 Å². The number of hydrogen-bond acceptors (Lipinski definition) is 7. The summed E-state index contributed by atoms with van der Waals surface area (Å²) in [6.07, 6.45) is 4.27. The molecule has 0 saturated carbocycles. The van der Waals surface area contributed by atoms with Gasteiger partial charge in [0, 0.05) is 38.9 Å². The molecule has 1 fully saturated rings. The number of anilines is 2. The first-order valence-corrected chi connectivity index (χ1v) is 10.8. The molecule has 0 unspecified atom stereocenters. The third-order valence-electron chi connectivity index (χ3n) is 5.10. The Morgan fingerprint density at radius 2 is 1.83 bits per heavy atom. The predicted octanol–water partition coefficient (Wildman–Crippen LogP) is 2.85. The first kappa shape index (κ1) is 20.2. The van der Waals surface area contributed by atoms with Gasteiger partial charge in [0.05, 0.1) is 13.3 Å². The van der Waals surface area contributed by atoms with Crippen LogP contribution >= 0.6 is 11.3 Å². The van der Waals surface area contributed by atoms with Crippen molar-refractivity contribution in [1.29, 1.82) is 0 Å². The number of amides is 1. The van der Waals surface area contributed by atoms with Crippen molar-refractivity contribution in [2.75, 3.05) is 49.6 Å². The number of nitrogens with zero attached hydrogens (tertiary/aromatic N) is 4. The fourth-order valence-corrected chi connectivity index (χ4v) is 4.27. The van der Waals surface area contributed by atoms with Crippen molar-refractivity contribution >= 4 is 28.2 Å². The first-order valence-electron chi connectivity index (χ1n) is 10.0. The fraction of sp³-hybridized carbons (Fsp3) is 0.318. The average Bonchev–Trinajstić information content (AvgIpc) is 3.31. The Morgan fingerprint density at radius 3 is 2.53 bits per heavy atom. The van der Waals surface area contributed by atoms with Crippen molar-refractivity contribution < 1.29 is 9.53 Å². The van der Waals surface area contributed by atoms with E-state index in [2.05, 4.69) is 25.1 Å². The molecule has 156 valence electrons. The summed E-state index contributed by atoms with van der Waals surface area (Å²) >= 11 is 1.45. The highest BCUT2D eigenvalue weighted by atomic mass is 32.1. The normalized spacial score (nSPS) is 13.9. The van der Waals surface area contributed by atoms with Crippen LogP contribution in [0.25, 0.3) is 0 Å². The number of carbonyl (C=O) groups is 1. The van der Waals surface area contributed by atoms with Crippen LogP contribution in [0.5, 0.6) is 5.75 Å². The monoisotopic (exact) mass is 423 g/mol. The molecule has 8 heteroatoms. The van der Waals surface area contributed by atoms with Crippen molar-refractivity contribution in [2.45, 2.75) is 6.42 Å². The molecule has 7 nitrogen and oxygen atoms in total. The second kappa shape index (κ2) is 9.58. The molecule has 1 N–H and O–H groups in total. The van der Waals surface area contributed by atoms with Gasteiger partial charge in [-0.15, -0.1) is 0 Å². The lowest BCUT2D eigenvalue weighted by Gasteiger charge is -2.35. The lowest BCUT2D eigenvalue weighted by Crippen LogP contribution is -2.46. The molecule has 0 spiro atoms. The van der Waals surface area contributed by atoms with Gasteiger partial charge < -0.3 is 19.9 Å². The molecule has 1 aliphatic rings. The second-order valence-corrected chi connectivity index (χ2v) is 8.03. The lowest BCUT2D eigenvalue weighted by molar-refractivity contribution is 0.0958. The Kier molecular flexibility index (Phi) is 6.44. The Bertz CT molecular complexity index is 953. The number of rotatable bonds is 7. The maximum Gasteiger partial charge on any atom is 0.263 e. The Morgan fingerprint density at radius 1 is 1.07 bits per heavy atom. The maximum absolute atomic E-state index is 12.5. The number of nitrogens with one attached hydrogen (secondary N) is 1. The summed E-state index contributed by atoms with van der Waals surface area (Å²) in [6, 6.07) is 13.9.